The van der Waals surface area contributed by atoms with Gasteiger partial charge in [-0.15, -0.1) is 4.99 Å². The summed E-state index contributed by atoms with van der Waals surface area (Å²) in [6, 6.07) is 1.70. The van der Waals surface area contributed by atoms with Gasteiger partial charge < -0.3 is 10.5 Å². The van der Waals surface area contributed by atoms with Gasteiger partial charge in [-0.1, -0.05) is 19.3 Å². The van der Waals surface area contributed by atoms with Gasteiger partial charge in [0.1, 0.15) is 0 Å². The molecule has 0 aliphatic heterocycles. The lowest BCUT2D eigenvalue weighted by Gasteiger charge is -2.20. The first kappa shape index (κ1) is 12.6. The van der Waals surface area contributed by atoms with E-state index in [0.29, 0.717) is 12.5 Å². The van der Waals surface area contributed by atoms with Gasteiger partial charge in [0.15, 0.2) is 0 Å². The van der Waals surface area contributed by atoms with Crippen LogP contribution in [0, 0.1) is 5.92 Å². The second-order valence-corrected chi connectivity index (χ2v) is 4.50. The number of hydrogen-bond acceptors (Lipinski definition) is 3. The van der Waals surface area contributed by atoms with Crippen LogP contribution in [0.4, 0.5) is 4.79 Å². The van der Waals surface area contributed by atoms with Gasteiger partial charge >= 0.3 is 6.09 Å². The second kappa shape index (κ2) is 6.18. The molecule has 0 atom stereocenters. The van der Waals surface area contributed by atoms with Crippen molar-refractivity contribution in [3.63, 3.8) is 0 Å². The van der Waals surface area contributed by atoms with E-state index in [1.54, 1.807) is 18.5 Å². The maximum atomic E-state index is 11.5. The normalized spacial score (nSPS) is 17.7. The minimum absolute atomic E-state index is 0.0219. The number of rotatable bonds is 2. The van der Waals surface area contributed by atoms with Crippen molar-refractivity contribution in [2.45, 2.75) is 32.1 Å². The average Bonchev–Trinajstić information content (AvgIpc) is 2.91. The SMILES string of the molecule is N/C(=N\C(=O)OCC1CCCCC1)n1cccn1. The van der Waals surface area contributed by atoms with E-state index in [2.05, 4.69) is 10.1 Å². The Morgan fingerprint density at radius 3 is 2.89 bits per heavy atom. The first-order chi connectivity index (χ1) is 8.75. The standard InChI is InChI=1S/C12H18N4O2/c13-11(16-8-4-7-14-16)15-12(17)18-9-10-5-2-1-3-6-10/h4,7-8,10H,1-3,5-6,9H2,(H2,13,15,17). The molecule has 1 aromatic rings. The minimum atomic E-state index is -0.645. The lowest BCUT2D eigenvalue weighted by molar-refractivity contribution is 0.125. The molecule has 1 aliphatic carbocycles. The maximum Gasteiger partial charge on any atom is 0.436 e. The molecule has 1 fully saturated rings. The summed E-state index contributed by atoms with van der Waals surface area (Å²) in [6.45, 7) is 0.439. The number of aromatic nitrogens is 2. The van der Waals surface area contributed by atoms with Crippen LogP contribution in [-0.4, -0.2) is 28.4 Å². The predicted molar refractivity (Wildman–Crippen MR) is 67.2 cm³/mol. The summed E-state index contributed by atoms with van der Waals surface area (Å²) < 4.78 is 6.42. The van der Waals surface area contributed by atoms with Gasteiger partial charge in [0.2, 0.25) is 5.96 Å². The molecular weight excluding hydrogens is 232 g/mol. The summed E-state index contributed by atoms with van der Waals surface area (Å²) in [5.41, 5.74) is 5.60. The fraction of sp³-hybridized carbons (Fsp3) is 0.583. The fourth-order valence-electron chi connectivity index (χ4n) is 2.12. The quantitative estimate of drug-likeness (QED) is 0.640. The Hall–Kier alpha value is -1.85. The van der Waals surface area contributed by atoms with Crippen molar-refractivity contribution >= 4 is 12.1 Å². The number of carbonyl (C=O) groups is 1. The molecule has 1 amide bonds. The van der Waals surface area contributed by atoms with Crippen LogP contribution in [0.25, 0.3) is 0 Å². The summed E-state index contributed by atoms with van der Waals surface area (Å²) in [5, 5.41) is 3.87. The number of ether oxygens (including phenoxy) is 1. The molecule has 18 heavy (non-hydrogen) atoms. The lowest BCUT2D eigenvalue weighted by atomic mass is 9.90. The Morgan fingerprint density at radius 2 is 2.22 bits per heavy atom. The number of nitrogens with zero attached hydrogens (tertiary/aromatic N) is 3. The molecule has 0 aromatic carbocycles. The molecule has 98 valence electrons. The first-order valence-electron chi connectivity index (χ1n) is 6.26. The number of carbonyl (C=O) groups excluding carboxylic acids is 1. The van der Waals surface area contributed by atoms with Crippen LogP contribution in [0.5, 0.6) is 0 Å². The number of hydrogen-bond donors (Lipinski definition) is 1. The van der Waals surface area contributed by atoms with Crippen molar-refractivity contribution in [2.75, 3.05) is 6.61 Å². The monoisotopic (exact) mass is 250 g/mol. The molecule has 0 spiro atoms. The fourth-order valence-corrected chi connectivity index (χ4v) is 2.12. The molecule has 1 heterocycles. The molecule has 1 aliphatic rings. The third-order valence-electron chi connectivity index (χ3n) is 3.11. The Kier molecular flexibility index (Phi) is 4.33. The molecular formula is C12H18N4O2. The van der Waals surface area contributed by atoms with Crippen LogP contribution >= 0.6 is 0 Å². The van der Waals surface area contributed by atoms with Gasteiger partial charge in [-0.25, -0.2) is 9.48 Å². The van der Waals surface area contributed by atoms with Gasteiger partial charge in [0, 0.05) is 12.4 Å². The Bertz CT molecular complexity index is 408. The lowest BCUT2D eigenvalue weighted by Crippen LogP contribution is -2.25. The highest BCUT2D eigenvalue weighted by Gasteiger charge is 2.15. The topological polar surface area (TPSA) is 82.5 Å². The zero-order chi connectivity index (χ0) is 12.8. The van der Waals surface area contributed by atoms with Crippen molar-refractivity contribution < 1.29 is 9.53 Å². The minimum Gasteiger partial charge on any atom is -0.448 e. The molecule has 1 saturated carbocycles. The van der Waals surface area contributed by atoms with Crippen molar-refractivity contribution in [3.8, 4) is 0 Å². The van der Waals surface area contributed by atoms with Crippen LogP contribution in [0.2, 0.25) is 0 Å². The van der Waals surface area contributed by atoms with E-state index >= 15 is 0 Å². The third-order valence-corrected chi connectivity index (χ3v) is 3.11. The van der Waals surface area contributed by atoms with E-state index in [1.165, 1.54) is 23.9 Å². The molecule has 6 heteroatoms. The maximum absolute atomic E-state index is 11.5. The van der Waals surface area contributed by atoms with Gasteiger partial charge in [-0.05, 0) is 24.8 Å². The Labute approximate surface area is 106 Å². The summed E-state index contributed by atoms with van der Waals surface area (Å²) >= 11 is 0. The molecule has 0 bridgehead atoms. The van der Waals surface area contributed by atoms with E-state index in [9.17, 15) is 4.79 Å². The van der Waals surface area contributed by atoms with Crippen molar-refractivity contribution in [1.29, 1.82) is 0 Å². The largest absolute Gasteiger partial charge is 0.448 e. The highest BCUT2D eigenvalue weighted by atomic mass is 16.5. The van der Waals surface area contributed by atoms with Crippen LogP contribution in [0.1, 0.15) is 32.1 Å². The van der Waals surface area contributed by atoms with Crippen LogP contribution in [0.15, 0.2) is 23.5 Å². The summed E-state index contributed by atoms with van der Waals surface area (Å²) in [5.74, 6) is 0.498. The van der Waals surface area contributed by atoms with Gasteiger partial charge in [-0.2, -0.15) is 5.10 Å². The Morgan fingerprint density at radius 1 is 1.44 bits per heavy atom. The second-order valence-electron chi connectivity index (χ2n) is 4.50. The highest BCUT2D eigenvalue weighted by Crippen LogP contribution is 2.23. The summed E-state index contributed by atoms with van der Waals surface area (Å²) in [4.78, 5) is 15.1. The zero-order valence-corrected chi connectivity index (χ0v) is 10.3. The molecule has 6 nitrogen and oxygen atoms in total. The molecule has 0 radical (unpaired) electrons. The van der Waals surface area contributed by atoms with E-state index in [4.69, 9.17) is 10.5 Å². The van der Waals surface area contributed by atoms with Crippen molar-refractivity contribution in [1.82, 2.24) is 9.78 Å². The zero-order valence-electron chi connectivity index (χ0n) is 10.3. The van der Waals surface area contributed by atoms with Crippen LogP contribution < -0.4 is 5.73 Å². The number of nitrogens with two attached hydrogens (primary N) is 1. The highest BCUT2D eigenvalue weighted by molar-refractivity contribution is 5.89. The van der Waals surface area contributed by atoms with Crippen LogP contribution in [-0.2, 0) is 4.74 Å². The molecule has 2 rings (SSSR count). The molecule has 0 unspecified atom stereocenters. The van der Waals surface area contributed by atoms with Crippen molar-refractivity contribution in [2.24, 2.45) is 16.6 Å². The molecule has 1 aromatic heterocycles. The number of amides is 1. The smallest absolute Gasteiger partial charge is 0.436 e. The van der Waals surface area contributed by atoms with E-state index < -0.39 is 6.09 Å². The number of aliphatic imine (C=N–C) groups is 1. The Balaban J connectivity index is 1.79. The van der Waals surface area contributed by atoms with E-state index in [0.717, 1.165) is 12.8 Å². The summed E-state index contributed by atoms with van der Waals surface area (Å²) in [7, 11) is 0. The van der Waals surface area contributed by atoms with E-state index in [1.807, 2.05) is 0 Å². The van der Waals surface area contributed by atoms with Gasteiger partial charge in [-0.3, -0.25) is 0 Å². The van der Waals surface area contributed by atoms with Gasteiger partial charge in [0.25, 0.3) is 0 Å². The first-order valence-corrected chi connectivity index (χ1v) is 6.26. The van der Waals surface area contributed by atoms with Crippen LogP contribution in [0.3, 0.4) is 0 Å². The average molecular weight is 250 g/mol. The third kappa shape index (κ3) is 3.58. The van der Waals surface area contributed by atoms with Gasteiger partial charge in [0.05, 0.1) is 6.61 Å². The summed E-state index contributed by atoms with van der Waals surface area (Å²) in [6.07, 6.45) is 8.53. The molecule has 0 saturated heterocycles. The predicted octanol–water partition coefficient (Wildman–Crippen LogP) is 1.76. The van der Waals surface area contributed by atoms with Crippen molar-refractivity contribution in [3.05, 3.63) is 18.5 Å². The molecule has 2 N–H and O–H groups in total. The van der Waals surface area contributed by atoms with E-state index in [-0.39, 0.29) is 5.96 Å².